The summed E-state index contributed by atoms with van der Waals surface area (Å²) in [7, 11) is 0. The number of unbranched alkanes of at least 4 members (excludes halogenated alkanes) is 37. The minimum absolute atomic E-state index is 0.102. The second kappa shape index (κ2) is 66.1. The van der Waals surface area contributed by atoms with Crippen molar-refractivity contribution in [2.75, 3.05) is 13.2 Å². The van der Waals surface area contributed by atoms with Crippen molar-refractivity contribution in [3.05, 3.63) is 85.1 Å². The molecule has 0 aromatic rings. The molecule has 0 radical (unpaired) electrons. The Labute approximate surface area is 484 Å². The van der Waals surface area contributed by atoms with E-state index in [-0.39, 0.29) is 31.6 Å². The number of carbonyl (C=O) groups is 3. The number of allylic oxidation sites excluding steroid dienone is 13. The predicted molar refractivity (Wildman–Crippen MR) is 339 cm³/mol. The van der Waals surface area contributed by atoms with Crippen LogP contribution < -0.4 is 0 Å². The van der Waals surface area contributed by atoms with Gasteiger partial charge in [0.2, 0.25) is 0 Å². The van der Waals surface area contributed by atoms with E-state index in [0.29, 0.717) is 12.8 Å². The quantitative estimate of drug-likeness (QED) is 0.0261. The fourth-order valence-electron chi connectivity index (χ4n) is 9.67. The first kappa shape index (κ1) is 74.6. The predicted octanol–water partition coefficient (Wildman–Crippen LogP) is 23.1. The first-order chi connectivity index (χ1) is 38.5. The molecule has 1 atom stereocenters. The summed E-state index contributed by atoms with van der Waals surface area (Å²) in [6.45, 7) is 6.47. The Morgan fingerprint density at radius 3 is 0.897 bits per heavy atom. The number of rotatable bonds is 61. The van der Waals surface area contributed by atoms with Crippen LogP contribution in [0, 0.1) is 0 Å². The zero-order valence-electron chi connectivity index (χ0n) is 51.7. The smallest absolute Gasteiger partial charge is 0.309 e. The maximum absolute atomic E-state index is 12.9. The minimum atomic E-state index is -0.815. The van der Waals surface area contributed by atoms with Crippen molar-refractivity contribution in [1.29, 1.82) is 0 Å². The first-order valence-corrected chi connectivity index (χ1v) is 33.6. The van der Waals surface area contributed by atoms with Crippen LogP contribution in [0.2, 0.25) is 0 Å². The van der Waals surface area contributed by atoms with E-state index in [0.717, 1.165) is 77.0 Å². The second-order valence-electron chi connectivity index (χ2n) is 22.4. The summed E-state index contributed by atoms with van der Waals surface area (Å²) in [5.41, 5.74) is 0. The molecule has 0 amide bonds. The van der Waals surface area contributed by atoms with Crippen LogP contribution in [-0.4, -0.2) is 37.2 Å². The molecule has 1 unspecified atom stereocenters. The lowest BCUT2D eigenvalue weighted by Gasteiger charge is -2.18. The fourth-order valence-corrected chi connectivity index (χ4v) is 9.67. The highest BCUT2D eigenvalue weighted by Gasteiger charge is 2.19. The van der Waals surface area contributed by atoms with Crippen LogP contribution in [0.5, 0.6) is 0 Å². The molecule has 0 aliphatic carbocycles. The molecule has 0 N–H and O–H groups in total. The van der Waals surface area contributed by atoms with Crippen molar-refractivity contribution in [3.8, 4) is 0 Å². The molecule has 0 aliphatic heterocycles. The van der Waals surface area contributed by atoms with E-state index in [2.05, 4.69) is 93.7 Å². The Kier molecular flexibility index (Phi) is 63.2. The van der Waals surface area contributed by atoms with Crippen molar-refractivity contribution < 1.29 is 28.6 Å². The summed E-state index contributed by atoms with van der Waals surface area (Å²) in [6, 6.07) is 0. The average molecular weight is 1090 g/mol. The maximum Gasteiger partial charge on any atom is 0.309 e. The molecule has 450 valence electrons. The van der Waals surface area contributed by atoms with Gasteiger partial charge in [0.15, 0.2) is 6.10 Å². The Balaban J connectivity index is 4.28. The topological polar surface area (TPSA) is 78.9 Å². The van der Waals surface area contributed by atoms with Gasteiger partial charge in [0.1, 0.15) is 13.2 Å². The normalized spacial score (nSPS) is 12.6. The van der Waals surface area contributed by atoms with Crippen molar-refractivity contribution >= 4 is 17.9 Å². The van der Waals surface area contributed by atoms with Crippen LogP contribution in [0.25, 0.3) is 0 Å². The van der Waals surface area contributed by atoms with E-state index in [1.807, 2.05) is 6.08 Å². The zero-order chi connectivity index (χ0) is 56.4. The van der Waals surface area contributed by atoms with Gasteiger partial charge in [-0.2, -0.15) is 0 Å². The first-order valence-electron chi connectivity index (χ1n) is 33.6. The third kappa shape index (κ3) is 63.4. The third-order valence-corrected chi connectivity index (χ3v) is 14.7. The summed E-state index contributed by atoms with van der Waals surface area (Å²) in [5.74, 6) is -1.02. The molecule has 0 saturated heterocycles. The van der Waals surface area contributed by atoms with Gasteiger partial charge in [-0.05, 0) is 77.0 Å². The van der Waals surface area contributed by atoms with Gasteiger partial charge in [-0.15, -0.1) is 0 Å². The molecule has 6 nitrogen and oxygen atoms in total. The lowest BCUT2D eigenvalue weighted by atomic mass is 10.0. The summed E-state index contributed by atoms with van der Waals surface area (Å²) in [6.07, 6.45) is 87.8. The molecule has 0 fully saturated rings. The number of hydrogen-bond acceptors (Lipinski definition) is 6. The molecule has 0 spiro atoms. The highest BCUT2D eigenvalue weighted by molar-refractivity contribution is 5.72. The SMILES string of the molecule is CC/C=C\C/C=C\C/C=C\C/C=C\C/C=C\CC(=O)OCC(COC(=O)CCCCCCCCCCCCCCCCCCC/C=C\C/C=C\CCCCCCC)OC(=O)CCCCCCCCCCCCCCCCCC. The van der Waals surface area contributed by atoms with E-state index in [4.69, 9.17) is 14.2 Å². The van der Waals surface area contributed by atoms with Crippen molar-refractivity contribution in [2.45, 2.75) is 341 Å². The van der Waals surface area contributed by atoms with Crippen LogP contribution in [0.3, 0.4) is 0 Å². The Morgan fingerprint density at radius 2 is 0.551 bits per heavy atom. The van der Waals surface area contributed by atoms with E-state index >= 15 is 0 Å². The van der Waals surface area contributed by atoms with Gasteiger partial charge in [0.05, 0.1) is 6.42 Å². The number of ether oxygens (including phenoxy) is 3. The molecule has 0 aliphatic rings. The molecule has 78 heavy (non-hydrogen) atoms. The minimum Gasteiger partial charge on any atom is -0.462 e. The largest absolute Gasteiger partial charge is 0.462 e. The molecule has 0 heterocycles. The van der Waals surface area contributed by atoms with Crippen LogP contribution in [0.1, 0.15) is 335 Å². The molecule has 0 saturated carbocycles. The van der Waals surface area contributed by atoms with E-state index in [1.165, 1.54) is 218 Å². The highest BCUT2D eigenvalue weighted by atomic mass is 16.6. The molecule has 0 aromatic carbocycles. The van der Waals surface area contributed by atoms with Gasteiger partial charge in [-0.3, -0.25) is 14.4 Å². The second-order valence-corrected chi connectivity index (χ2v) is 22.4. The van der Waals surface area contributed by atoms with Gasteiger partial charge in [-0.25, -0.2) is 0 Å². The summed E-state index contributed by atoms with van der Waals surface area (Å²) < 4.78 is 16.8. The van der Waals surface area contributed by atoms with E-state index < -0.39 is 12.1 Å². The van der Waals surface area contributed by atoms with E-state index in [9.17, 15) is 14.4 Å². The van der Waals surface area contributed by atoms with Gasteiger partial charge in [0.25, 0.3) is 0 Å². The standard InChI is InChI=1S/C72H126O6/c1-4-7-10-13-16-19-22-25-28-30-31-32-33-34-35-36-37-38-39-40-41-42-45-47-50-53-56-59-62-65-71(74)77-68-69(67-76-70(73)64-61-58-55-52-49-46-43-27-24-21-18-15-12-9-6-3)78-72(75)66-63-60-57-54-51-48-44-29-26-23-20-17-14-11-8-5-2/h9,12,18,21-22,25,27,30-31,43,49,52,58,61,69H,4-8,10-11,13-17,19-20,23-24,26,28-29,32-42,44-48,50-51,53-57,59-60,62-68H2,1-3H3/b12-9-,21-18-,25-22-,31-30-,43-27-,52-49-,61-58-. The third-order valence-electron chi connectivity index (χ3n) is 14.7. The van der Waals surface area contributed by atoms with Gasteiger partial charge < -0.3 is 14.2 Å². The number of hydrogen-bond donors (Lipinski definition) is 0. The fraction of sp³-hybridized carbons (Fsp3) is 0.764. The monoisotopic (exact) mass is 1090 g/mol. The molecule has 0 bridgehead atoms. The van der Waals surface area contributed by atoms with Gasteiger partial charge in [-0.1, -0.05) is 324 Å². The summed E-state index contributed by atoms with van der Waals surface area (Å²) >= 11 is 0. The maximum atomic E-state index is 12.9. The van der Waals surface area contributed by atoms with Crippen molar-refractivity contribution in [1.82, 2.24) is 0 Å². The summed E-state index contributed by atoms with van der Waals surface area (Å²) in [5, 5.41) is 0. The van der Waals surface area contributed by atoms with Crippen LogP contribution >= 0.6 is 0 Å². The number of esters is 3. The lowest BCUT2D eigenvalue weighted by Crippen LogP contribution is -2.30. The van der Waals surface area contributed by atoms with Crippen molar-refractivity contribution in [3.63, 3.8) is 0 Å². The van der Waals surface area contributed by atoms with Crippen LogP contribution in [-0.2, 0) is 28.6 Å². The van der Waals surface area contributed by atoms with E-state index in [1.54, 1.807) is 6.08 Å². The molecular formula is C72H126O6. The summed E-state index contributed by atoms with van der Waals surface area (Å²) in [4.78, 5) is 38.3. The van der Waals surface area contributed by atoms with Gasteiger partial charge in [0, 0.05) is 12.8 Å². The average Bonchev–Trinajstić information content (AvgIpc) is 3.44. The zero-order valence-corrected chi connectivity index (χ0v) is 51.7. The Bertz CT molecular complexity index is 1480. The lowest BCUT2D eigenvalue weighted by molar-refractivity contribution is -0.166. The van der Waals surface area contributed by atoms with Crippen molar-refractivity contribution in [2.24, 2.45) is 0 Å². The Hall–Kier alpha value is -3.41. The molecular weight excluding hydrogens is 961 g/mol. The Morgan fingerprint density at radius 1 is 0.282 bits per heavy atom. The number of carbonyl (C=O) groups excluding carboxylic acids is 3. The highest BCUT2D eigenvalue weighted by Crippen LogP contribution is 2.17. The molecule has 6 heteroatoms. The van der Waals surface area contributed by atoms with Crippen LogP contribution in [0.4, 0.5) is 0 Å². The van der Waals surface area contributed by atoms with Crippen LogP contribution in [0.15, 0.2) is 85.1 Å². The van der Waals surface area contributed by atoms with Gasteiger partial charge >= 0.3 is 17.9 Å². The molecule has 0 rings (SSSR count). The molecule has 0 aromatic heterocycles.